The average Bonchev–Trinajstić information content (AvgIpc) is 2.63. The van der Waals surface area contributed by atoms with Gasteiger partial charge in [-0.25, -0.2) is 4.79 Å². The molecule has 3 aliphatic heterocycles. The van der Waals surface area contributed by atoms with Gasteiger partial charge >= 0.3 is 6.09 Å². The van der Waals surface area contributed by atoms with Gasteiger partial charge in [-0.2, -0.15) is 0 Å². The summed E-state index contributed by atoms with van der Waals surface area (Å²) in [6.07, 6.45) is 6.67. The zero-order valence-corrected chi connectivity index (χ0v) is 15.2. The van der Waals surface area contributed by atoms with Crippen LogP contribution in [0, 0.1) is 5.92 Å². The van der Waals surface area contributed by atoms with Crippen molar-refractivity contribution < 1.29 is 14.3 Å². The van der Waals surface area contributed by atoms with Gasteiger partial charge in [-0.05, 0) is 50.4 Å². The van der Waals surface area contributed by atoms with Crippen LogP contribution in [-0.4, -0.2) is 43.3 Å². The maximum atomic E-state index is 12.2. The molecule has 1 N–H and O–H groups in total. The molecule has 0 unspecified atom stereocenters. The van der Waals surface area contributed by atoms with Crippen LogP contribution < -0.4 is 10.1 Å². The summed E-state index contributed by atoms with van der Waals surface area (Å²) in [6.45, 7) is 6.07. The van der Waals surface area contributed by atoms with E-state index in [0.29, 0.717) is 12.5 Å². The SMILES string of the molecule is CCCCCCOc1cccc(NC(=O)O[C@H]2CN3CCC2CC3)c1. The fourth-order valence-corrected chi connectivity index (χ4v) is 3.71. The number of benzene rings is 1. The zero-order chi connectivity index (χ0) is 17.5. The molecule has 0 saturated carbocycles. The van der Waals surface area contributed by atoms with Crippen molar-refractivity contribution in [2.75, 3.05) is 31.6 Å². The highest BCUT2D eigenvalue weighted by Gasteiger charge is 2.36. The summed E-state index contributed by atoms with van der Waals surface area (Å²) in [6, 6.07) is 7.54. The Kier molecular flexibility index (Phi) is 6.56. The summed E-state index contributed by atoms with van der Waals surface area (Å²) < 4.78 is 11.4. The molecule has 1 amide bonds. The van der Waals surface area contributed by atoms with Gasteiger partial charge in [0.25, 0.3) is 0 Å². The first-order valence-corrected chi connectivity index (χ1v) is 9.67. The molecule has 0 aliphatic carbocycles. The fourth-order valence-electron chi connectivity index (χ4n) is 3.71. The van der Waals surface area contributed by atoms with E-state index in [1.165, 1.54) is 19.3 Å². The van der Waals surface area contributed by atoms with E-state index < -0.39 is 0 Å². The summed E-state index contributed by atoms with van der Waals surface area (Å²) in [5, 5.41) is 2.84. The standard InChI is InChI=1S/C20H30N2O3/c1-2-3-4-5-13-24-18-8-6-7-17(14-18)21-20(23)25-19-15-22-11-9-16(19)10-12-22/h6-8,14,16,19H,2-5,9-13,15H2,1H3,(H,21,23)/t19-/m0/s1. The number of nitrogens with zero attached hydrogens (tertiary/aromatic N) is 1. The smallest absolute Gasteiger partial charge is 0.411 e. The van der Waals surface area contributed by atoms with Crippen molar-refractivity contribution >= 4 is 11.8 Å². The summed E-state index contributed by atoms with van der Waals surface area (Å²) in [7, 11) is 0. The Morgan fingerprint density at radius 2 is 2.08 bits per heavy atom. The van der Waals surface area contributed by atoms with Crippen LogP contribution in [0.5, 0.6) is 5.75 Å². The number of carbonyl (C=O) groups is 1. The lowest BCUT2D eigenvalue weighted by molar-refractivity contribution is -0.0289. The minimum atomic E-state index is -0.362. The number of amides is 1. The Hall–Kier alpha value is -1.75. The maximum Gasteiger partial charge on any atom is 0.411 e. The van der Waals surface area contributed by atoms with Crippen LogP contribution in [-0.2, 0) is 4.74 Å². The van der Waals surface area contributed by atoms with Gasteiger partial charge in [-0.1, -0.05) is 32.3 Å². The number of ether oxygens (including phenoxy) is 2. The van der Waals surface area contributed by atoms with E-state index in [1.807, 2.05) is 24.3 Å². The quantitative estimate of drug-likeness (QED) is 0.714. The molecule has 1 aromatic rings. The summed E-state index contributed by atoms with van der Waals surface area (Å²) >= 11 is 0. The van der Waals surface area contributed by atoms with Crippen molar-refractivity contribution in [3.8, 4) is 5.75 Å². The first-order chi connectivity index (χ1) is 12.2. The van der Waals surface area contributed by atoms with E-state index in [-0.39, 0.29) is 12.2 Å². The van der Waals surface area contributed by atoms with Crippen molar-refractivity contribution in [1.82, 2.24) is 4.90 Å². The number of piperidine rings is 3. The minimum Gasteiger partial charge on any atom is -0.494 e. The third-order valence-corrected chi connectivity index (χ3v) is 5.20. The normalized spacial score (nSPS) is 24.8. The van der Waals surface area contributed by atoms with Crippen LogP contribution in [0.1, 0.15) is 45.4 Å². The maximum absolute atomic E-state index is 12.2. The highest BCUT2D eigenvalue weighted by Crippen LogP contribution is 2.29. The van der Waals surface area contributed by atoms with E-state index in [0.717, 1.165) is 50.3 Å². The van der Waals surface area contributed by atoms with Gasteiger partial charge < -0.3 is 9.47 Å². The first kappa shape index (κ1) is 18.1. The van der Waals surface area contributed by atoms with Crippen LogP contribution in [0.2, 0.25) is 0 Å². The summed E-state index contributed by atoms with van der Waals surface area (Å²) in [5.74, 6) is 1.31. The number of rotatable bonds is 8. The van der Waals surface area contributed by atoms with Crippen LogP contribution in [0.3, 0.4) is 0 Å². The fraction of sp³-hybridized carbons (Fsp3) is 0.650. The Bertz CT molecular complexity index is 556. The van der Waals surface area contributed by atoms with Crippen molar-refractivity contribution in [2.45, 2.75) is 51.6 Å². The largest absolute Gasteiger partial charge is 0.494 e. The predicted octanol–water partition coefficient (Wildman–Crippen LogP) is 4.29. The predicted molar refractivity (Wildman–Crippen MR) is 99.1 cm³/mol. The first-order valence-electron chi connectivity index (χ1n) is 9.67. The third kappa shape index (κ3) is 5.36. The van der Waals surface area contributed by atoms with Crippen LogP contribution >= 0.6 is 0 Å². The van der Waals surface area contributed by atoms with Gasteiger partial charge in [0.05, 0.1) is 6.61 Å². The monoisotopic (exact) mass is 346 g/mol. The molecule has 5 heteroatoms. The number of hydrogen-bond donors (Lipinski definition) is 1. The second-order valence-electron chi connectivity index (χ2n) is 7.14. The summed E-state index contributed by atoms with van der Waals surface area (Å²) in [5.41, 5.74) is 0.720. The zero-order valence-electron chi connectivity index (χ0n) is 15.2. The lowest BCUT2D eigenvalue weighted by Crippen LogP contribution is -2.52. The Balaban J connectivity index is 1.44. The third-order valence-electron chi connectivity index (χ3n) is 5.20. The average molecular weight is 346 g/mol. The van der Waals surface area contributed by atoms with Crippen LogP contribution in [0.25, 0.3) is 0 Å². The Morgan fingerprint density at radius 3 is 2.80 bits per heavy atom. The van der Waals surface area contributed by atoms with Crippen molar-refractivity contribution in [3.05, 3.63) is 24.3 Å². The lowest BCUT2D eigenvalue weighted by Gasteiger charge is -2.43. The van der Waals surface area contributed by atoms with Gasteiger partial charge in [0.2, 0.25) is 0 Å². The highest BCUT2D eigenvalue weighted by atomic mass is 16.6. The number of carbonyl (C=O) groups excluding carboxylic acids is 1. The van der Waals surface area contributed by atoms with E-state index in [4.69, 9.17) is 9.47 Å². The number of unbranched alkanes of at least 4 members (excludes halogenated alkanes) is 3. The molecular weight excluding hydrogens is 316 g/mol. The molecule has 3 heterocycles. The van der Waals surface area contributed by atoms with Crippen molar-refractivity contribution in [2.24, 2.45) is 5.92 Å². The lowest BCUT2D eigenvalue weighted by atomic mass is 9.86. The van der Waals surface area contributed by atoms with E-state index >= 15 is 0 Å². The van der Waals surface area contributed by atoms with Gasteiger partial charge in [0.1, 0.15) is 11.9 Å². The molecule has 2 bridgehead atoms. The van der Waals surface area contributed by atoms with Gasteiger partial charge in [0.15, 0.2) is 0 Å². The topological polar surface area (TPSA) is 50.8 Å². The second kappa shape index (κ2) is 9.09. The molecule has 1 atom stereocenters. The van der Waals surface area contributed by atoms with E-state index in [2.05, 4.69) is 17.1 Å². The van der Waals surface area contributed by atoms with Crippen LogP contribution in [0.4, 0.5) is 10.5 Å². The Morgan fingerprint density at radius 1 is 1.24 bits per heavy atom. The van der Waals surface area contributed by atoms with Crippen molar-refractivity contribution in [3.63, 3.8) is 0 Å². The molecule has 3 saturated heterocycles. The van der Waals surface area contributed by atoms with E-state index in [9.17, 15) is 4.79 Å². The molecule has 0 aromatic heterocycles. The molecule has 25 heavy (non-hydrogen) atoms. The molecule has 1 aromatic carbocycles. The number of fused-ring (bicyclic) bond motifs is 3. The van der Waals surface area contributed by atoms with Crippen LogP contribution in [0.15, 0.2) is 24.3 Å². The van der Waals surface area contributed by atoms with Gasteiger partial charge in [0, 0.05) is 18.3 Å². The van der Waals surface area contributed by atoms with Gasteiger partial charge in [-0.15, -0.1) is 0 Å². The number of hydrogen-bond acceptors (Lipinski definition) is 4. The Labute approximate surface area is 150 Å². The molecule has 0 radical (unpaired) electrons. The summed E-state index contributed by atoms with van der Waals surface area (Å²) in [4.78, 5) is 14.6. The molecular formula is C20H30N2O3. The van der Waals surface area contributed by atoms with Crippen molar-refractivity contribution in [1.29, 1.82) is 0 Å². The molecule has 3 fully saturated rings. The number of nitrogens with one attached hydrogen (secondary N) is 1. The molecule has 0 spiro atoms. The highest BCUT2D eigenvalue weighted by molar-refractivity contribution is 5.85. The molecule has 4 rings (SSSR count). The van der Waals surface area contributed by atoms with Gasteiger partial charge in [-0.3, -0.25) is 10.2 Å². The minimum absolute atomic E-state index is 0.0282. The molecule has 3 aliphatic rings. The van der Waals surface area contributed by atoms with E-state index in [1.54, 1.807) is 0 Å². The number of anilines is 1. The second-order valence-corrected chi connectivity index (χ2v) is 7.14. The molecule has 138 valence electrons. The molecule has 5 nitrogen and oxygen atoms in total.